The van der Waals surface area contributed by atoms with Crippen molar-refractivity contribution in [2.24, 2.45) is 4.40 Å². The highest BCUT2D eigenvalue weighted by Crippen LogP contribution is 2.19. The van der Waals surface area contributed by atoms with Gasteiger partial charge in [0.25, 0.3) is 0 Å². The van der Waals surface area contributed by atoms with E-state index in [1.165, 1.54) is 7.11 Å². The fourth-order valence-electron chi connectivity index (χ4n) is 1.20. The molecule has 1 aromatic rings. The van der Waals surface area contributed by atoms with Crippen LogP contribution in [0, 0.1) is 0 Å². The summed E-state index contributed by atoms with van der Waals surface area (Å²) in [5.41, 5.74) is 0.0369. The maximum Gasteiger partial charge on any atom is 0.353 e. The molecule has 0 fully saturated rings. The molecule has 1 aromatic carbocycles. The lowest BCUT2D eigenvalue weighted by molar-refractivity contribution is -0.142. The molecule has 6 heteroatoms. The second-order valence-electron chi connectivity index (χ2n) is 3.42. The van der Waals surface area contributed by atoms with Crippen molar-refractivity contribution in [2.75, 3.05) is 13.7 Å². The van der Waals surface area contributed by atoms with Crippen LogP contribution in [0.5, 0.6) is 0 Å². The number of rotatable bonds is 6. The Bertz CT molecular complexity index is 459. The van der Waals surface area contributed by atoms with Gasteiger partial charge in [0.1, 0.15) is 5.71 Å². The third-order valence-electron chi connectivity index (χ3n) is 2.04. The molecule has 102 valence electrons. The van der Waals surface area contributed by atoms with Crippen LogP contribution in [0.4, 0.5) is 0 Å². The molecule has 0 heterocycles. The summed E-state index contributed by atoms with van der Waals surface area (Å²) >= 11 is 1.11. The zero-order chi connectivity index (χ0) is 14.1. The number of carbonyl (C=O) groups excluding carboxylic acids is 2. The lowest BCUT2D eigenvalue weighted by Crippen LogP contribution is -2.20. The van der Waals surface area contributed by atoms with Gasteiger partial charge in [-0.25, -0.2) is 9.19 Å². The van der Waals surface area contributed by atoms with E-state index in [1.54, 1.807) is 6.92 Å². The van der Waals surface area contributed by atoms with Crippen molar-refractivity contribution in [1.82, 2.24) is 0 Å². The van der Waals surface area contributed by atoms with E-state index in [1.807, 2.05) is 30.3 Å². The number of methoxy groups -OCH3 is 1. The summed E-state index contributed by atoms with van der Waals surface area (Å²) in [5, 5.41) is 0. The smallest absolute Gasteiger partial charge is 0.353 e. The van der Waals surface area contributed by atoms with E-state index >= 15 is 0 Å². The van der Waals surface area contributed by atoms with Crippen LogP contribution in [0.25, 0.3) is 0 Å². The predicted molar refractivity (Wildman–Crippen MR) is 73.0 cm³/mol. The first-order valence-electron chi connectivity index (χ1n) is 5.70. The summed E-state index contributed by atoms with van der Waals surface area (Å²) in [5.74, 6) is -1.13. The molecule has 0 bridgehead atoms. The molecule has 0 aliphatic carbocycles. The van der Waals surface area contributed by atoms with Crippen LogP contribution in [0.2, 0.25) is 0 Å². The molecule has 0 saturated carbocycles. The van der Waals surface area contributed by atoms with Crippen molar-refractivity contribution < 1.29 is 19.1 Å². The molecule has 0 radical (unpaired) electrons. The summed E-state index contributed by atoms with van der Waals surface area (Å²) in [6, 6.07) is 9.32. The van der Waals surface area contributed by atoms with Gasteiger partial charge >= 0.3 is 11.9 Å². The third kappa shape index (κ3) is 5.56. The Labute approximate surface area is 116 Å². The summed E-state index contributed by atoms with van der Waals surface area (Å²) in [7, 11) is 1.25. The summed E-state index contributed by atoms with van der Waals surface area (Å²) in [6.45, 7) is 1.96. The standard InChI is InChI=1S/C13H15NO4S/c1-3-18-12(15)9-11(13(16)17-2)14-19-10-7-5-4-6-8-10/h4-8H,3,9H2,1-2H3/b14-11+. The molecule has 5 nitrogen and oxygen atoms in total. The average molecular weight is 281 g/mol. The van der Waals surface area contributed by atoms with Crippen molar-refractivity contribution in [1.29, 1.82) is 0 Å². The van der Waals surface area contributed by atoms with Crippen LogP contribution in [-0.2, 0) is 19.1 Å². The van der Waals surface area contributed by atoms with Gasteiger partial charge in [0.15, 0.2) is 0 Å². The van der Waals surface area contributed by atoms with Gasteiger partial charge in [-0.1, -0.05) is 18.2 Å². The van der Waals surface area contributed by atoms with E-state index in [-0.39, 0.29) is 18.7 Å². The fraction of sp³-hybridized carbons (Fsp3) is 0.308. The molecule has 1 rings (SSSR count). The van der Waals surface area contributed by atoms with Gasteiger partial charge in [-0.2, -0.15) is 0 Å². The molecule has 19 heavy (non-hydrogen) atoms. The molecule has 0 amide bonds. The van der Waals surface area contributed by atoms with Crippen LogP contribution >= 0.6 is 11.9 Å². The largest absolute Gasteiger partial charge is 0.466 e. The Morgan fingerprint density at radius 2 is 1.95 bits per heavy atom. The molecule has 0 unspecified atom stereocenters. The normalized spacial score (nSPS) is 10.9. The number of hydrogen-bond donors (Lipinski definition) is 0. The molecule has 0 spiro atoms. The Hall–Kier alpha value is -1.82. The molecular formula is C13H15NO4S. The van der Waals surface area contributed by atoms with Crippen LogP contribution in [0.1, 0.15) is 13.3 Å². The number of nitrogens with zero attached hydrogens (tertiary/aromatic N) is 1. The van der Waals surface area contributed by atoms with Gasteiger partial charge < -0.3 is 9.47 Å². The van der Waals surface area contributed by atoms with Gasteiger partial charge in [0.2, 0.25) is 0 Å². The number of carbonyl (C=O) groups is 2. The lowest BCUT2D eigenvalue weighted by Gasteiger charge is -2.04. The summed E-state index contributed by atoms with van der Waals surface area (Å²) < 4.78 is 13.4. The number of esters is 2. The van der Waals surface area contributed by atoms with Gasteiger partial charge in [0.05, 0.1) is 20.1 Å². The van der Waals surface area contributed by atoms with Crippen LogP contribution in [-0.4, -0.2) is 31.4 Å². The first-order valence-corrected chi connectivity index (χ1v) is 6.47. The van der Waals surface area contributed by atoms with E-state index in [0.29, 0.717) is 0 Å². The fourth-order valence-corrected chi connectivity index (χ4v) is 1.83. The van der Waals surface area contributed by atoms with E-state index in [0.717, 1.165) is 16.8 Å². The Kier molecular flexibility index (Phi) is 6.67. The number of hydrogen-bond acceptors (Lipinski definition) is 6. The topological polar surface area (TPSA) is 65.0 Å². The minimum atomic E-state index is -0.628. The second-order valence-corrected chi connectivity index (χ2v) is 4.25. The predicted octanol–water partition coefficient (Wildman–Crippen LogP) is 2.26. The quantitative estimate of drug-likeness (QED) is 0.454. The van der Waals surface area contributed by atoms with Crippen molar-refractivity contribution in [3.63, 3.8) is 0 Å². The molecule has 0 aliphatic heterocycles. The summed E-state index contributed by atoms with van der Waals surface area (Å²) in [4.78, 5) is 23.7. The van der Waals surface area contributed by atoms with Gasteiger partial charge in [-0.05, 0) is 19.1 Å². The number of benzene rings is 1. The van der Waals surface area contributed by atoms with E-state index in [2.05, 4.69) is 9.13 Å². The lowest BCUT2D eigenvalue weighted by atomic mass is 10.3. The average Bonchev–Trinajstić information content (AvgIpc) is 2.44. The second kappa shape index (κ2) is 8.31. The third-order valence-corrected chi connectivity index (χ3v) is 2.84. The zero-order valence-electron chi connectivity index (χ0n) is 10.8. The monoisotopic (exact) mass is 281 g/mol. The van der Waals surface area contributed by atoms with Gasteiger partial charge in [0, 0.05) is 16.8 Å². The van der Waals surface area contributed by atoms with E-state index < -0.39 is 11.9 Å². The molecule has 0 aliphatic rings. The highest BCUT2D eigenvalue weighted by molar-refractivity contribution is 7.98. The highest BCUT2D eigenvalue weighted by atomic mass is 32.2. The van der Waals surface area contributed by atoms with E-state index in [9.17, 15) is 9.59 Å². The van der Waals surface area contributed by atoms with Crippen LogP contribution in [0.3, 0.4) is 0 Å². The minimum absolute atomic E-state index is 0.0369. The van der Waals surface area contributed by atoms with Crippen molar-refractivity contribution in [3.05, 3.63) is 30.3 Å². The van der Waals surface area contributed by atoms with Crippen LogP contribution in [0.15, 0.2) is 39.6 Å². The minimum Gasteiger partial charge on any atom is -0.466 e. The molecule has 0 atom stereocenters. The molecule has 0 aromatic heterocycles. The Morgan fingerprint density at radius 3 is 2.53 bits per heavy atom. The maximum atomic E-state index is 11.5. The molecule has 0 saturated heterocycles. The Balaban J connectivity index is 2.73. The van der Waals surface area contributed by atoms with Crippen LogP contribution < -0.4 is 0 Å². The van der Waals surface area contributed by atoms with Crippen molar-refractivity contribution in [3.8, 4) is 0 Å². The number of ether oxygens (including phenoxy) is 2. The van der Waals surface area contributed by atoms with Gasteiger partial charge in [-0.15, -0.1) is 0 Å². The van der Waals surface area contributed by atoms with Gasteiger partial charge in [-0.3, -0.25) is 4.79 Å². The molecule has 0 N–H and O–H groups in total. The molecular weight excluding hydrogens is 266 g/mol. The zero-order valence-corrected chi connectivity index (χ0v) is 11.6. The Morgan fingerprint density at radius 1 is 1.26 bits per heavy atom. The van der Waals surface area contributed by atoms with E-state index in [4.69, 9.17) is 4.74 Å². The summed E-state index contributed by atoms with van der Waals surface area (Å²) in [6.07, 6.45) is -0.194. The first kappa shape index (κ1) is 15.2. The highest BCUT2D eigenvalue weighted by Gasteiger charge is 2.17. The maximum absolute atomic E-state index is 11.5. The SMILES string of the molecule is CCOC(=O)C/C(=N\Sc1ccccc1)C(=O)OC. The first-order chi connectivity index (χ1) is 9.17. The van der Waals surface area contributed by atoms with Crippen molar-refractivity contribution in [2.45, 2.75) is 18.2 Å². The van der Waals surface area contributed by atoms with Crippen molar-refractivity contribution >= 4 is 29.6 Å².